The van der Waals surface area contributed by atoms with Gasteiger partial charge in [0.15, 0.2) is 0 Å². The van der Waals surface area contributed by atoms with Crippen LogP contribution in [0.3, 0.4) is 0 Å². The normalized spacial score (nSPS) is 14.5. The fraction of sp³-hybridized carbons (Fsp3) is 0.429. The third kappa shape index (κ3) is 3.74. The van der Waals surface area contributed by atoms with Gasteiger partial charge in [-0.2, -0.15) is 0 Å². The first-order valence-electron chi connectivity index (χ1n) is 7.20. The molecule has 8 nitrogen and oxygen atoms in total. The Labute approximate surface area is 132 Å². The first-order valence-corrected chi connectivity index (χ1v) is 7.20. The molecule has 1 aromatic carbocycles. The zero-order valence-corrected chi connectivity index (χ0v) is 12.6. The van der Waals surface area contributed by atoms with Gasteiger partial charge < -0.3 is 15.1 Å². The molecule has 0 bridgehead atoms. The molecule has 1 aromatic rings. The van der Waals surface area contributed by atoms with Gasteiger partial charge in [-0.05, 0) is 13.0 Å². The van der Waals surface area contributed by atoms with Crippen LogP contribution in [-0.2, 0) is 0 Å². The number of halogens is 1. The molecular weight excluding hydrogens is 307 g/mol. The Morgan fingerprint density at radius 1 is 1.26 bits per heavy atom. The van der Waals surface area contributed by atoms with E-state index in [-0.39, 0.29) is 24.7 Å². The summed E-state index contributed by atoms with van der Waals surface area (Å²) in [7, 11) is 0. The van der Waals surface area contributed by atoms with Gasteiger partial charge in [-0.15, -0.1) is 0 Å². The summed E-state index contributed by atoms with van der Waals surface area (Å²) in [6.07, 6.45) is 0. The average molecular weight is 324 g/mol. The average Bonchev–Trinajstić information content (AvgIpc) is 2.54. The van der Waals surface area contributed by atoms with Crippen molar-refractivity contribution in [1.82, 2.24) is 15.1 Å². The van der Waals surface area contributed by atoms with Crippen LogP contribution in [0, 0.1) is 15.9 Å². The highest BCUT2D eigenvalue weighted by atomic mass is 19.1. The van der Waals surface area contributed by atoms with Gasteiger partial charge in [0.2, 0.25) is 0 Å². The van der Waals surface area contributed by atoms with Crippen molar-refractivity contribution >= 4 is 17.6 Å². The van der Waals surface area contributed by atoms with E-state index in [2.05, 4.69) is 5.32 Å². The van der Waals surface area contributed by atoms with E-state index in [0.717, 1.165) is 18.2 Å². The van der Waals surface area contributed by atoms with Crippen molar-refractivity contribution in [1.29, 1.82) is 0 Å². The van der Waals surface area contributed by atoms with Crippen LogP contribution in [0.15, 0.2) is 18.2 Å². The largest absolute Gasteiger partial charge is 0.338 e. The number of urea groups is 1. The molecule has 0 saturated carbocycles. The number of carbonyl (C=O) groups is 2. The van der Waals surface area contributed by atoms with E-state index >= 15 is 0 Å². The van der Waals surface area contributed by atoms with Crippen LogP contribution in [0.1, 0.15) is 17.3 Å². The number of nitrogens with one attached hydrogen (secondary N) is 1. The quantitative estimate of drug-likeness (QED) is 0.668. The predicted octanol–water partition coefficient (Wildman–Crippen LogP) is 1.22. The number of nitrogens with zero attached hydrogens (tertiary/aromatic N) is 3. The highest BCUT2D eigenvalue weighted by Crippen LogP contribution is 2.18. The Balaban J connectivity index is 2.03. The molecule has 0 spiro atoms. The maximum Gasteiger partial charge on any atom is 0.317 e. The minimum Gasteiger partial charge on any atom is -0.338 e. The molecule has 1 heterocycles. The van der Waals surface area contributed by atoms with E-state index in [0.29, 0.717) is 19.6 Å². The van der Waals surface area contributed by atoms with Crippen molar-refractivity contribution in [2.24, 2.45) is 0 Å². The second-order valence-corrected chi connectivity index (χ2v) is 5.04. The molecule has 1 saturated heterocycles. The zero-order chi connectivity index (χ0) is 17.0. The Morgan fingerprint density at radius 2 is 1.87 bits per heavy atom. The lowest BCUT2D eigenvalue weighted by Crippen LogP contribution is -2.53. The van der Waals surface area contributed by atoms with Crippen LogP contribution in [0.2, 0.25) is 0 Å². The molecule has 1 aliphatic rings. The van der Waals surface area contributed by atoms with Crippen molar-refractivity contribution in [3.63, 3.8) is 0 Å². The lowest BCUT2D eigenvalue weighted by atomic mass is 10.1. The standard InChI is InChI=1S/C14H17FN4O4/c1-2-16-14(21)18-7-5-17(6-8-18)13(20)11-4-3-10(19(22)23)9-12(11)15/h3-4,9H,2,5-8H2,1H3,(H,16,21). The summed E-state index contributed by atoms with van der Waals surface area (Å²) in [5.41, 5.74) is -0.609. The summed E-state index contributed by atoms with van der Waals surface area (Å²) >= 11 is 0. The van der Waals surface area contributed by atoms with Crippen molar-refractivity contribution in [2.45, 2.75) is 6.92 Å². The van der Waals surface area contributed by atoms with E-state index in [1.165, 1.54) is 4.90 Å². The van der Waals surface area contributed by atoms with Gasteiger partial charge >= 0.3 is 6.03 Å². The molecule has 0 radical (unpaired) electrons. The molecule has 124 valence electrons. The number of nitro groups is 1. The minimum atomic E-state index is -0.921. The maximum atomic E-state index is 13.9. The lowest BCUT2D eigenvalue weighted by Gasteiger charge is -2.34. The first kappa shape index (κ1) is 16.7. The lowest BCUT2D eigenvalue weighted by molar-refractivity contribution is -0.385. The summed E-state index contributed by atoms with van der Waals surface area (Å²) in [6, 6.07) is 2.76. The fourth-order valence-electron chi connectivity index (χ4n) is 2.34. The Bertz CT molecular complexity index is 629. The number of carbonyl (C=O) groups excluding carboxylic acids is 2. The first-order chi connectivity index (χ1) is 10.9. The van der Waals surface area contributed by atoms with E-state index in [9.17, 15) is 24.1 Å². The van der Waals surface area contributed by atoms with Gasteiger partial charge in [0.1, 0.15) is 5.82 Å². The molecule has 23 heavy (non-hydrogen) atoms. The third-order valence-corrected chi connectivity index (χ3v) is 3.58. The van der Waals surface area contributed by atoms with Crippen LogP contribution >= 0.6 is 0 Å². The van der Waals surface area contributed by atoms with Crippen LogP contribution in [0.25, 0.3) is 0 Å². The molecule has 3 amide bonds. The zero-order valence-electron chi connectivity index (χ0n) is 12.6. The molecular formula is C14H17FN4O4. The van der Waals surface area contributed by atoms with Gasteiger partial charge in [0.25, 0.3) is 11.6 Å². The van der Waals surface area contributed by atoms with Crippen molar-refractivity contribution in [2.75, 3.05) is 32.7 Å². The summed E-state index contributed by atoms with van der Waals surface area (Å²) in [4.78, 5) is 36.9. The monoisotopic (exact) mass is 324 g/mol. The molecule has 1 N–H and O–H groups in total. The smallest absolute Gasteiger partial charge is 0.317 e. The molecule has 0 aliphatic carbocycles. The van der Waals surface area contributed by atoms with Gasteiger partial charge in [-0.3, -0.25) is 14.9 Å². The van der Waals surface area contributed by atoms with Gasteiger partial charge in [-0.1, -0.05) is 0 Å². The van der Waals surface area contributed by atoms with Gasteiger partial charge in [0, 0.05) is 38.8 Å². The number of amides is 3. The van der Waals surface area contributed by atoms with Crippen LogP contribution in [0.5, 0.6) is 0 Å². The van der Waals surface area contributed by atoms with Crippen molar-refractivity contribution in [3.05, 3.63) is 39.7 Å². The number of non-ortho nitro benzene ring substituents is 1. The molecule has 9 heteroatoms. The molecule has 1 aliphatic heterocycles. The van der Waals surface area contributed by atoms with Gasteiger partial charge in [-0.25, -0.2) is 9.18 Å². The van der Waals surface area contributed by atoms with Crippen molar-refractivity contribution < 1.29 is 18.9 Å². The second kappa shape index (κ2) is 7.03. The van der Waals surface area contributed by atoms with Crippen LogP contribution < -0.4 is 5.32 Å². The molecule has 0 atom stereocenters. The summed E-state index contributed by atoms with van der Waals surface area (Å²) in [5, 5.41) is 13.3. The van der Waals surface area contributed by atoms with Gasteiger partial charge in [0.05, 0.1) is 16.6 Å². The Kier molecular flexibility index (Phi) is 5.09. The predicted molar refractivity (Wildman–Crippen MR) is 79.6 cm³/mol. The highest BCUT2D eigenvalue weighted by Gasteiger charge is 2.26. The Hall–Kier alpha value is -2.71. The number of hydrogen-bond donors (Lipinski definition) is 1. The van der Waals surface area contributed by atoms with Crippen LogP contribution in [0.4, 0.5) is 14.9 Å². The van der Waals surface area contributed by atoms with E-state index < -0.39 is 22.3 Å². The highest BCUT2D eigenvalue weighted by molar-refractivity contribution is 5.95. The second-order valence-electron chi connectivity index (χ2n) is 5.04. The Morgan fingerprint density at radius 3 is 2.39 bits per heavy atom. The van der Waals surface area contributed by atoms with Crippen molar-refractivity contribution in [3.8, 4) is 0 Å². The summed E-state index contributed by atoms with van der Waals surface area (Å²) < 4.78 is 13.9. The summed E-state index contributed by atoms with van der Waals surface area (Å²) in [5.74, 6) is -1.46. The SMILES string of the molecule is CCNC(=O)N1CCN(C(=O)c2ccc([N+](=O)[O-])cc2F)CC1. The summed E-state index contributed by atoms with van der Waals surface area (Å²) in [6.45, 7) is 3.61. The number of hydrogen-bond acceptors (Lipinski definition) is 4. The molecule has 1 fully saturated rings. The minimum absolute atomic E-state index is 0.193. The number of nitro benzene ring substituents is 1. The molecule has 0 aromatic heterocycles. The maximum absolute atomic E-state index is 13.9. The molecule has 2 rings (SSSR count). The van der Waals surface area contributed by atoms with E-state index in [4.69, 9.17) is 0 Å². The topological polar surface area (TPSA) is 95.8 Å². The van der Waals surface area contributed by atoms with E-state index in [1.807, 2.05) is 6.92 Å². The number of benzene rings is 1. The number of piperazine rings is 1. The van der Waals surface area contributed by atoms with Crippen LogP contribution in [-0.4, -0.2) is 59.4 Å². The molecule has 0 unspecified atom stereocenters. The third-order valence-electron chi connectivity index (χ3n) is 3.58. The fourth-order valence-corrected chi connectivity index (χ4v) is 2.34. The van der Waals surface area contributed by atoms with E-state index in [1.54, 1.807) is 4.90 Å². The number of rotatable bonds is 3.